The van der Waals surface area contributed by atoms with Crippen LogP contribution in [0.1, 0.15) is 37.4 Å². The summed E-state index contributed by atoms with van der Waals surface area (Å²) in [5.41, 5.74) is 0.700. The van der Waals surface area contributed by atoms with Crippen LogP contribution in [0.15, 0.2) is 12.1 Å². The molecule has 0 spiro atoms. The molecule has 10 heteroatoms. The van der Waals surface area contributed by atoms with Crippen LogP contribution < -0.4 is 10.6 Å². The van der Waals surface area contributed by atoms with E-state index in [1.807, 2.05) is 24.1 Å². The molecule has 2 heterocycles. The van der Waals surface area contributed by atoms with Gasteiger partial charge in [-0.25, -0.2) is 4.79 Å². The fourth-order valence-corrected chi connectivity index (χ4v) is 4.88. The number of nitrogens with zero attached hydrogens (tertiary/aromatic N) is 1. The molecule has 0 fully saturated rings. The summed E-state index contributed by atoms with van der Waals surface area (Å²) in [6, 6.07) is 3.73. The third-order valence-corrected chi connectivity index (χ3v) is 6.20. The molecule has 0 saturated carbocycles. The van der Waals surface area contributed by atoms with Gasteiger partial charge in [-0.2, -0.15) is 0 Å². The molecule has 0 unspecified atom stereocenters. The highest BCUT2D eigenvalue weighted by Gasteiger charge is 2.26. The Labute approximate surface area is 176 Å². The van der Waals surface area contributed by atoms with Gasteiger partial charge in [-0.15, -0.1) is 22.7 Å². The SMILES string of the molecule is CCOC(=O)c1c(NC(=O)CN(C)Cc2ccc(Cl)s2)sc(C(=O)NC)c1C. The van der Waals surface area contributed by atoms with Crippen molar-refractivity contribution < 1.29 is 19.1 Å². The Morgan fingerprint density at radius 1 is 1.25 bits per heavy atom. The largest absolute Gasteiger partial charge is 0.462 e. The molecule has 2 aromatic rings. The average molecular weight is 444 g/mol. The Balaban J connectivity index is 2.15. The number of hydrogen-bond acceptors (Lipinski definition) is 7. The molecule has 0 radical (unpaired) electrons. The van der Waals surface area contributed by atoms with E-state index in [9.17, 15) is 14.4 Å². The Bertz CT molecular complexity index is 878. The Hall–Kier alpha value is -1.94. The van der Waals surface area contributed by atoms with Gasteiger partial charge in [0.2, 0.25) is 5.91 Å². The minimum atomic E-state index is -0.566. The van der Waals surface area contributed by atoms with Crippen LogP contribution in [0, 0.1) is 6.92 Å². The molecule has 28 heavy (non-hydrogen) atoms. The van der Waals surface area contributed by atoms with Gasteiger partial charge in [0.05, 0.1) is 27.9 Å². The molecule has 2 rings (SSSR count). The molecule has 0 atom stereocenters. The summed E-state index contributed by atoms with van der Waals surface area (Å²) in [5, 5.41) is 5.60. The van der Waals surface area contributed by atoms with Gasteiger partial charge in [0.1, 0.15) is 5.00 Å². The maximum Gasteiger partial charge on any atom is 0.341 e. The maximum atomic E-state index is 12.5. The average Bonchev–Trinajstić information content (AvgIpc) is 3.17. The van der Waals surface area contributed by atoms with Crippen molar-refractivity contribution in [1.82, 2.24) is 10.2 Å². The number of amides is 2. The number of nitrogens with one attached hydrogen (secondary N) is 2. The van der Waals surface area contributed by atoms with Crippen LogP contribution in [-0.4, -0.2) is 49.9 Å². The van der Waals surface area contributed by atoms with Gasteiger partial charge in [-0.3, -0.25) is 14.5 Å². The lowest BCUT2D eigenvalue weighted by Gasteiger charge is -2.15. The van der Waals surface area contributed by atoms with E-state index in [1.54, 1.807) is 13.8 Å². The molecular weight excluding hydrogens is 422 g/mol. The smallest absolute Gasteiger partial charge is 0.341 e. The molecule has 7 nitrogen and oxygen atoms in total. The van der Waals surface area contributed by atoms with Crippen LogP contribution in [0.5, 0.6) is 0 Å². The van der Waals surface area contributed by atoms with E-state index in [1.165, 1.54) is 18.4 Å². The zero-order valence-corrected chi connectivity index (χ0v) is 18.4. The fraction of sp³-hybridized carbons (Fsp3) is 0.389. The molecule has 152 valence electrons. The first kappa shape index (κ1) is 22.4. The van der Waals surface area contributed by atoms with E-state index in [-0.39, 0.29) is 30.5 Å². The van der Waals surface area contributed by atoms with E-state index >= 15 is 0 Å². The molecule has 0 saturated heterocycles. The summed E-state index contributed by atoms with van der Waals surface area (Å²) in [6.07, 6.45) is 0. The molecule has 0 bridgehead atoms. The minimum Gasteiger partial charge on any atom is -0.462 e. The van der Waals surface area contributed by atoms with Crippen LogP contribution in [0.2, 0.25) is 4.34 Å². The molecule has 0 aromatic carbocycles. The van der Waals surface area contributed by atoms with Gasteiger partial charge in [0.25, 0.3) is 5.91 Å². The fourth-order valence-electron chi connectivity index (χ4n) is 2.55. The zero-order chi connectivity index (χ0) is 20.8. The van der Waals surface area contributed by atoms with Crippen molar-refractivity contribution in [3.05, 3.63) is 37.4 Å². The lowest BCUT2D eigenvalue weighted by molar-refractivity contribution is -0.117. The maximum absolute atomic E-state index is 12.5. The molecule has 2 amide bonds. The Kier molecular flexibility index (Phi) is 7.99. The van der Waals surface area contributed by atoms with Crippen molar-refractivity contribution in [2.75, 3.05) is 32.6 Å². The standard InChI is InChI=1S/C18H22ClN3O4S2/c1-5-26-18(25)14-10(2)15(16(24)20-3)28-17(14)21-13(23)9-22(4)8-11-6-7-12(19)27-11/h6-7H,5,8-9H2,1-4H3,(H,20,24)(H,21,23). The first-order chi connectivity index (χ1) is 13.3. The van der Waals surface area contributed by atoms with E-state index in [0.29, 0.717) is 26.3 Å². The number of anilines is 1. The third kappa shape index (κ3) is 5.54. The number of rotatable bonds is 8. The highest BCUT2D eigenvalue weighted by atomic mass is 35.5. The van der Waals surface area contributed by atoms with Crippen molar-refractivity contribution in [2.24, 2.45) is 0 Å². The van der Waals surface area contributed by atoms with Crippen LogP contribution >= 0.6 is 34.3 Å². The summed E-state index contributed by atoms with van der Waals surface area (Å²) < 4.78 is 5.78. The summed E-state index contributed by atoms with van der Waals surface area (Å²) in [7, 11) is 3.32. The monoisotopic (exact) mass is 443 g/mol. The van der Waals surface area contributed by atoms with Crippen LogP contribution in [-0.2, 0) is 16.1 Å². The summed E-state index contributed by atoms with van der Waals surface area (Å²) in [4.78, 5) is 40.1. The molecule has 0 aliphatic rings. The number of hydrogen-bond donors (Lipinski definition) is 2. The highest BCUT2D eigenvalue weighted by molar-refractivity contribution is 7.18. The van der Waals surface area contributed by atoms with E-state index in [4.69, 9.17) is 16.3 Å². The van der Waals surface area contributed by atoms with E-state index < -0.39 is 5.97 Å². The van der Waals surface area contributed by atoms with Crippen molar-refractivity contribution in [1.29, 1.82) is 0 Å². The van der Waals surface area contributed by atoms with Gasteiger partial charge >= 0.3 is 5.97 Å². The first-order valence-electron chi connectivity index (χ1n) is 8.52. The van der Waals surface area contributed by atoms with Crippen LogP contribution in [0.25, 0.3) is 0 Å². The number of carbonyl (C=O) groups is 3. The number of halogens is 1. The summed E-state index contributed by atoms with van der Waals surface area (Å²) in [6.45, 7) is 4.24. The van der Waals surface area contributed by atoms with Crippen molar-refractivity contribution in [3.63, 3.8) is 0 Å². The topological polar surface area (TPSA) is 87.7 Å². The Morgan fingerprint density at radius 2 is 1.96 bits per heavy atom. The number of likely N-dealkylation sites (N-methyl/N-ethyl adjacent to an activating group) is 1. The zero-order valence-electron chi connectivity index (χ0n) is 16.1. The van der Waals surface area contributed by atoms with Crippen LogP contribution in [0.3, 0.4) is 0 Å². The molecule has 0 aliphatic heterocycles. The van der Waals surface area contributed by atoms with E-state index in [0.717, 1.165) is 16.2 Å². The minimum absolute atomic E-state index is 0.115. The summed E-state index contributed by atoms with van der Waals surface area (Å²) in [5.74, 6) is -1.18. The highest BCUT2D eigenvalue weighted by Crippen LogP contribution is 2.33. The number of esters is 1. The molecular formula is C18H22ClN3O4S2. The van der Waals surface area contributed by atoms with Gasteiger partial charge in [-0.1, -0.05) is 11.6 Å². The number of ether oxygens (including phenoxy) is 1. The molecule has 2 N–H and O–H groups in total. The van der Waals surface area contributed by atoms with Crippen molar-refractivity contribution in [3.8, 4) is 0 Å². The third-order valence-electron chi connectivity index (χ3n) is 3.78. The van der Waals surface area contributed by atoms with Crippen molar-refractivity contribution in [2.45, 2.75) is 20.4 Å². The number of thiophene rings is 2. The van der Waals surface area contributed by atoms with Crippen LogP contribution in [0.4, 0.5) is 5.00 Å². The second-order valence-corrected chi connectivity index (χ2v) is 8.81. The normalized spacial score (nSPS) is 10.8. The van der Waals surface area contributed by atoms with Gasteiger partial charge < -0.3 is 15.4 Å². The second-order valence-electron chi connectivity index (χ2n) is 5.99. The molecule has 2 aromatic heterocycles. The predicted octanol–water partition coefficient (Wildman–Crippen LogP) is 3.38. The Morgan fingerprint density at radius 3 is 2.54 bits per heavy atom. The van der Waals surface area contributed by atoms with E-state index in [2.05, 4.69) is 10.6 Å². The quantitative estimate of drug-likeness (QED) is 0.610. The van der Waals surface area contributed by atoms with Gasteiger partial charge in [-0.05, 0) is 38.6 Å². The first-order valence-corrected chi connectivity index (χ1v) is 10.5. The lowest BCUT2D eigenvalue weighted by Crippen LogP contribution is -2.29. The summed E-state index contributed by atoms with van der Waals surface area (Å²) >= 11 is 8.45. The van der Waals surface area contributed by atoms with Gasteiger partial charge in [0, 0.05) is 18.5 Å². The predicted molar refractivity (Wildman–Crippen MR) is 113 cm³/mol. The molecule has 0 aliphatic carbocycles. The van der Waals surface area contributed by atoms with Gasteiger partial charge in [0.15, 0.2) is 0 Å². The lowest BCUT2D eigenvalue weighted by atomic mass is 10.1. The second kappa shape index (κ2) is 10.0. The van der Waals surface area contributed by atoms with Crippen molar-refractivity contribution >= 4 is 57.1 Å². The number of carbonyl (C=O) groups excluding carboxylic acids is 3.